The smallest absolute Gasteiger partial charge is 0.0816 e. The van der Waals surface area contributed by atoms with Gasteiger partial charge >= 0.3 is 0 Å². The zero-order valence-electron chi connectivity index (χ0n) is 54.3. The number of benzene rings is 2. The third kappa shape index (κ3) is 49.8. The van der Waals surface area contributed by atoms with Crippen LogP contribution in [0, 0.1) is 23.7 Å². The van der Waals surface area contributed by atoms with Crippen LogP contribution in [0.1, 0.15) is 379 Å². The van der Waals surface area contributed by atoms with Gasteiger partial charge in [-0.1, -0.05) is 359 Å². The molecule has 0 saturated carbocycles. The van der Waals surface area contributed by atoms with E-state index in [9.17, 15) is 0 Å². The molecule has 0 atom stereocenters. The Morgan fingerprint density at radius 1 is 0.309 bits per heavy atom. The molecular weight excluding hydrogens is 977 g/mol. The summed E-state index contributed by atoms with van der Waals surface area (Å²) in [6, 6.07) is 17.3. The molecule has 0 N–H and O–H groups in total. The van der Waals surface area contributed by atoms with Crippen molar-refractivity contribution in [3.8, 4) is 23.7 Å². The van der Waals surface area contributed by atoms with Crippen LogP contribution >= 0.6 is 0 Å². The highest BCUT2D eigenvalue weighted by molar-refractivity contribution is 6.36. The zero-order valence-corrected chi connectivity index (χ0v) is 54.3. The molecule has 0 saturated heterocycles. The van der Waals surface area contributed by atoms with Gasteiger partial charge in [-0.25, -0.2) is 4.99 Å². The fourth-order valence-corrected chi connectivity index (χ4v) is 11.5. The number of allylic oxidation sites excluding steroid dienone is 2. The summed E-state index contributed by atoms with van der Waals surface area (Å²) in [5.74, 6) is 14.0. The SMILES string of the molecule is CCCCCCCCCCCCCCCCC#CCCc1ccccc1\N=C/C(/C=C/CCCCCCCCCCCCCCCCCCCCCCC)=N/c1ccccc1CCC#CCCCCCCCCCCCCCCCC. The molecule has 0 unspecified atom stereocenters. The third-order valence-corrected chi connectivity index (χ3v) is 16.9. The van der Waals surface area contributed by atoms with Gasteiger partial charge in [0.15, 0.2) is 0 Å². The lowest BCUT2D eigenvalue weighted by Crippen LogP contribution is -1.97. The quantitative estimate of drug-likeness (QED) is 0.0358. The zero-order chi connectivity index (χ0) is 57.5. The molecule has 0 aromatic heterocycles. The van der Waals surface area contributed by atoms with Crippen LogP contribution in [0.2, 0.25) is 0 Å². The van der Waals surface area contributed by atoms with E-state index in [0.29, 0.717) is 0 Å². The fraction of sp³-hybridized carbons (Fsp3) is 0.747. The Labute approximate surface area is 506 Å². The number of unbranched alkanes of at least 4 members (excludes halogenated alkanes) is 49. The van der Waals surface area contributed by atoms with E-state index >= 15 is 0 Å². The van der Waals surface area contributed by atoms with Gasteiger partial charge in [-0.3, -0.25) is 4.99 Å². The Bertz CT molecular complexity index is 1860. The van der Waals surface area contributed by atoms with Crippen molar-refractivity contribution in [1.82, 2.24) is 0 Å². The number of para-hydroxylation sites is 2. The van der Waals surface area contributed by atoms with E-state index in [1.807, 2.05) is 6.21 Å². The average Bonchev–Trinajstić information content (AvgIpc) is 3.51. The largest absolute Gasteiger partial charge is 0.254 e. The fourth-order valence-electron chi connectivity index (χ4n) is 11.5. The van der Waals surface area contributed by atoms with Crippen LogP contribution in [-0.4, -0.2) is 11.9 Å². The Hall–Kier alpha value is -3.36. The summed E-state index contributed by atoms with van der Waals surface area (Å²) in [6.07, 6.45) is 82.2. The lowest BCUT2D eigenvalue weighted by atomic mass is 10.0. The highest BCUT2D eigenvalue weighted by atomic mass is 14.8. The molecule has 2 aromatic rings. The van der Waals surface area contributed by atoms with Crippen LogP contribution in [0.3, 0.4) is 0 Å². The average molecular weight is 1110 g/mol. The van der Waals surface area contributed by atoms with Crippen molar-refractivity contribution in [3.05, 3.63) is 71.8 Å². The van der Waals surface area contributed by atoms with Crippen molar-refractivity contribution >= 4 is 23.3 Å². The molecule has 0 amide bonds. The summed E-state index contributed by atoms with van der Waals surface area (Å²) >= 11 is 0. The first-order valence-corrected chi connectivity index (χ1v) is 36.1. The standard InChI is InChI=1S/C79H132N2/c1-4-7-10-13-16-19-22-25-28-31-34-35-36-37-38-41-44-47-50-53-56-59-62-71-77(81-79-73-66-64-70-76(79)68-61-58-55-52-49-46-43-40-33-30-27-24-21-18-15-12-9-6-3)74-80-78-72-65-63-69-75(78)67-60-57-54-51-48-45-42-39-32-29-26-23-20-17-14-11-8-5-2/h62-66,69-74H,4-53,56,59-61,67-68H2,1-3H3/b71-62+,80-74-,81-77+. The van der Waals surface area contributed by atoms with E-state index in [1.54, 1.807) is 0 Å². The first-order chi connectivity index (χ1) is 40.3. The highest BCUT2D eigenvalue weighted by Gasteiger charge is 2.05. The maximum absolute atomic E-state index is 5.29. The van der Waals surface area contributed by atoms with Gasteiger partial charge in [-0.05, 0) is 67.9 Å². The minimum absolute atomic E-state index is 0.875. The molecule has 0 spiro atoms. The van der Waals surface area contributed by atoms with Crippen molar-refractivity contribution in [2.45, 2.75) is 380 Å². The van der Waals surface area contributed by atoms with Crippen LogP contribution in [0.4, 0.5) is 11.4 Å². The molecule has 0 heterocycles. The molecule has 0 aliphatic heterocycles. The van der Waals surface area contributed by atoms with Crippen LogP contribution in [0.25, 0.3) is 0 Å². The topological polar surface area (TPSA) is 24.7 Å². The second-order valence-electron chi connectivity index (χ2n) is 24.7. The third-order valence-electron chi connectivity index (χ3n) is 16.9. The van der Waals surface area contributed by atoms with E-state index in [2.05, 4.69) is 105 Å². The minimum atomic E-state index is 0.875. The number of rotatable bonds is 58. The van der Waals surface area contributed by atoms with E-state index in [-0.39, 0.29) is 0 Å². The Kier molecular flexibility index (Phi) is 55.7. The molecule has 0 aliphatic carbocycles. The molecule has 0 radical (unpaired) electrons. The van der Waals surface area contributed by atoms with Crippen molar-refractivity contribution in [2.75, 3.05) is 0 Å². The molecule has 0 fully saturated rings. The predicted octanol–water partition coefficient (Wildman–Crippen LogP) is 26.9. The van der Waals surface area contributed by atoms with Gasteiger partial charge in [0.1, 0.15) is 0 Å². The second-order valence-corrected chi connectivity index (χ2v) is 24.7. The molecule has 0 bridgehead atoms. The van der Waals surface area contributed by atoms with E-state index < -0.39 is 0 Å². The molecule has 458 valence electrons. The van der Waals surface area contributed by atoms with Gasteiger partial charge in [0, 0.05) is 25.7 Å². The van der Waals surface area contributed by atoms with Crippen LogP contribution in [0.15, 0.2) is 70.7 Å². The molecule has 81 heavy (non-hydrogen) atoms. The lowest BCUT2D eigenvalue weighted by molar-refractivity contribution is 0.520. The maximum Gasteiger partial charge on any atom is 0.0816 e. The molecule has 2 heteroatoms. The molecule has 2 rings (SSSR count). The van der Waals surface area contributed by atoms with E-state index in [4.69, 9.17) is 9.98 Å². The van der Waals surface area contributed by atoms with Crippen LogP contribution in [-0.2, 0) is 12.8 Å². The van der Waals surface area contributed by atoms with Gasteiger partial charge in [0.05, 0.1) is 23.3 Å². The summed E-state index contributed by atoms with van der Waals surface area (Å²) in [5.41, 5.74) is 5.50. The Morgan fingerprint density at radius 2 is 0.580 bits per heavy atom. The molecular formula is C79H132N2. The first kappa shape index (κ1) is 73.7. The summed E-state index contributed by atoms with van der Waals surface area (Å²) in [4.78, 5) is 10.4. The van der Waals surface area contributed by atoms with Crippen molar-refractivity contribution < 1.29 is 0 Å². The van der Waals surface area contributed by atoms with Crippen LogP contribution in [0.5, 0.6) is 0 Å². The van der Waals surface area contributed by atoms with Crippen molar-refractivity contribution in [1.29, 1.82) is 0 Å². The maximum atomic E-state index is 5.29. The van der Waals surface area contributed by atoms with Crippen molar-refractivity contribution in [3.63, 3.8) is 0 Å². The number of hydrogen-bond donors (Lipinski definition) is 0. The molecule has 2 nitrogen and oxygen atoms in total. The minimum Gasteiger partial charge on any atom is -0.254 e. The van der Waals surface area contributed by atoms with E-state index in [0.717, 1.165) is 62.0 Å². The summed E-state index contributed by atoms with van der Waals surface area (Å²) in [7, 11) is 0. The number of hydrogen-bond acceptors (Lipinski definition) is 2. The summed E-state index contributed by atoms with van der Waals surface area (Å²) in [5, 5.41) is 0. The first-order valence-electron chi connectivity index (χ1n) is 36.1. The van der Waals surface area contributed by atoms with Gasteiger partial charge in [-0.2, -0.15) is 0 Å². The van der Waals surface area contributed by atoms with Crippen LogP contribution < -0.4 is 0 Å². The van der Waals surface area contributed by atoms with Gasteiger partial charge in [0.2, 0.25) is 0 Å². The van der Waals surface area contributed by atoms with E-state index in [1.165, 1.54) is 326 Å². The summed E-state index contributed by atoms with van der Waals surface area (Å²) < 4.78 is 0. The van der Waals surface area contributed by atoms with Crippen molar-refractivity contribution in [2.24, 2.45) is 9.98 Å². The van der Waals surface area contributed by atoms with Gasteiger partial charge in [0.25, 0.3) is 0 Å². The summed E-state index contributed by atoms with van der Waals surface area (Å²) in [6.45, 7) is 6.92. The van der Waals surface area contributed by atoms with Gasteiger partial charge in [-0.15, -0.1) is 23.7 Å². The predicted molar refractivity (Wildman–Crippen MR) is 367 cm³/mol. The normalized spacial score (nSPS) is 11.7. The molecule has 0 aliphatic rings. The Balaban J connectivity index is 1.81. The number of aryl methyl sites for hydroxylation is 2. The monoisotopic (exact) mass is 1110 g/mol. The van der Waals surface area contributed by atoms with Gasteiger partial charge < -0.3 is 0 Å². The highest BCUT2D eigenvalue weighted by Crippen LogP contribution is 2.24. The second kappa shape index (κ2) is 61.2. The Morgan fingerprint density at radius 3 is 0.926 bits per heavy atom. The molecule has 2 aromatic carbocycles. The number of nitrogens with zero attached hydrogens (tertiary/aromatic N) is 2. The number of aliphatic imine (C=N–C) groups is 2. The lowest BCUT2D eigenvalue weighted by Gasteiger charge is -2.06.